The van der Waals surface area contributed by atoms with Gasteiger partial charge in [-0.15, -0.1) is 0 Å². The molecule has 2 aromatic rings. The van der Waals surface area contributed by atoms with Gasteiger partial charge in [0, 0.05) is 7.26 Å². The van der Waals surface area contributed by atoms with Gasteiger partial charge in [-0.05, 0) is 16.7 Å². The average molecular weight is 231 g/mol. The van der Waals surface area contributed by atoms with E-state index in [4.69, 9.17) is 1.37 Å². The van der Waals surface area contributed by atoms with Crippen molar-refractivity contribution in [2.24, 2.45) is 5.89 Å². The standard InChI is InChI=1S/C18H14/c1-3-8-14(9-4-1)18(15-10-5-2-6-11-15)16-12-7-13-17(16)18/h1-13,16H/i16D. The molecule has 1 fully saturated rings. The van der Waals surface area contributed by atoms with E-state index in [9.17, 15) is 0 Å². The zero-order chi connectivity index (χ0) is 12.9. The summed E-state index contributed by atoms with van der Waals surface area (Å²) in [6, 6.07) is 20.8. The first-order chi connectivity index (χ1) is 9.30. The van der Waals surface area contributed by atoms with Crippen LogP contribution in [-0.2, 0) is 5.41 Å². The Morgan fingerprint density at radius 2 is 1.39 bits per heavy atom. The third-order valence-corrected chi connectivity index (χ3v) is 3.98. The molecular weight excluding hydrogens is 216 g/mol. The van der Waals surface area contributed by atoms with E-state index in [0.717, 1.165) is 0 Å². The highest BCUT2D eigenvalue weighted by Crippen LogP contribution is 2.65. The Balaban J connectivity index is 1.98. The van der Waals surface area contributed by atoms with Crippen molar-refractivity contribution in [1.82, 2.24) is 0 Å². The second kappa shape index (κ2) is 3.46. The molecule has 0 spiro atoms. The molecule has 0 saturated heterocycles. The van der Waals surface area contributed by atoms with E-state index in [1.807, 2.05) is 24.3 Å². The molecule has 0 aromatic heterocycles. The molecule has 2 aliphatic rings. The van der Waals surface area contributed by atoms with Crippen molar-refractivity contribution >= 4 is 0 Å². The molecule has 0 bridgehead atoms. The summed E-state index contributed by atoms with van der Waals surface area (Å²) >= 11 is 0. The lowest BCUT2D eigenvalue weighted by molar-refractivity contribution is 0.797. The molecule has 0 heteroatoms. The Hall–Kier alpha value is -2.08. The minimum atomic E-state index is -0.588. The summed E-state index contributed by atoms with van der Waals surface area (Å²) in [5, 5.41) is 0. The molecule has 2 aliphatic carbocycles. The van der Waals surface area contributed by atoms with Crippen LogP contribution < -0.4 is 0 Å². The maximum Gasteiger partial charge on any atom is 0.0520 e. The molecule has 18 heavy (non-hydrogen) atoms. The number of rotatable bonds is 2. The Morgan fingerprint density at radius 3 is 1.83 bits per heavy atom. The van der Waals surface area contributed by atoms with Crippen LogP contribution in [0.3, 0.4) is 0 Å². The Kier molecular flexibility index (Phi) is 1.72. The smallest absolute Gasteiger partial charge is 0.0520 e. The first kappa shape index (κ1) is 8.93. The van der Waals surface area contributed by atoms with Gasteiger partial charge < -0.3 is 0 Å². The van der Waals surface area contributed by atoms with Crippen LogP contribution in [0, 0.1) is 5.89 Å². The maximum atomic E-state index is 8.79. The van der Waals surface area contributed by atoms with Crippen molar-refractivity contribution in [1.29, 1.82) is 0 Å². The summed E-state index contributed by atoms with van der Waals surface area (Å²) in [6.07, 6.45) is 6.13. The summed E-state index contributed by atoms with van der Waals surface area (Å²) in [5.74, 6) is -0.588. The van der Waals surface area contributed by atoms with Crippen molar-refractivity contribution in [3.63, 3.8) is 0 Å². The molecular formula is C18H14. The fraction of sp³-hybridized carbons (Fsp3) is 0.111. The monoisotopic (exact) mass is 231 g/mol. The topological polar surface area (TPSA) is 0 Å². The zero-order valence-corrected chi connectivity index (χ0v) is 10.0. The fourth-order valence-electron chi connectivity index (χ4n) is 3.16. The number of allylic oxidation sites excluding steroid dienone is 4. The van der Waals surface area contributed by atoms with Crippen LogP contribution in [0.15, 0.2) is 84.5 Å². The van der Waals surface area contributed by atoms with Crippen molar-refractivity contribution in [2.75, 3.05) is 0 Å². The highest BCUT2D eigenvalue weighted by Gasteiger charge is 2.61. The van der Waals surface area contributed by atoms with Gasteiger partial charge in [0.25, 0.3) is 0 Å². The van der Waals surface area contributed by atoms with Crippen LogP contribution in [-0.4, -0.2) is 0 Å². The predicted molar refractivity (Wildman–Crippen MR) is 74.4 cm³/mol. The van der Waals surface area contributed by atoms with E-state index in [-0.39, 0.29) is 5.41 Å². The number of hydrogen-bond donors (Lipinski definition) is 0. The van der Waals surface area contributed by atoms with Gasteiger partial charge in [0.1, 0.15) is 0 Å². The highest BCUT2D eigenvalue weighted by atomic mass is 14.6. The molecule has 0 nitrogen and oxygen atoms in total. The fourth-order valence-corrected chi connectivity index (χ4v) is 3.16. The lowest BCUT2D eigenvalue weighted by Gasteiger charge is -2.18. The molecule has 0 heterocycles. The minimum absolute atomic E-state index is 0.274. The highest BCUT2D eigenvalue weighted by molar-refractivity contribution is 5.68. The van der Waals surface area contributed by atoms with Crippen LogP contribution >= 0.6 is 0 Å². The molecule has 0 N–H and O–H groups in total. The van der Waals surface area contributed by atoms with Crippen LogP contribution in [0.4, 0.5) is 0 Å². The molecule has 1 unspecified atom stereocenters. The number of fused-ring (bicyclic) bond motifs is 1. The van der Waals surface area contributed by atoms with Crippen molar-refractivity contribution in [2.45, 2.75) is 5.41 Å². The van der Waals surface area contributed by atoms with Crippen molar-refractivity contribution in [3.8, 4) is 0 Å². The van der Waals surface area contributed by atoms with Gasteiger partial charge in [-0.3, -0.25) is 0 Å². The van der Waals surface area contributed by atoms with Gasteiger partial charge in [0.05, 0.1) is 5.41 Å². The van der Waals surface area contributed by atoms with Gasteiger partial charge in [-0.2, -0.15) is 0 Å². The molecule has 4 rings (SSSR count). The van der Waals surface area contributed by atoms with E-state index in [0.29, 0.717) is 0 Å². The van der Waals surface area contributed by atoms with Crippen LogP contribution in [0.1, 0.15) is 12.5 Å². The van der Waals surface area contributed by atoms with Gasteiger partial charge in [0.15, 0.2) is 0 Å². The summed E-state index contributed by atoms with van der Waals surface area (Å²) in [7, 11) is 0. The summed E-state index contributed by atoms with van der Waals surface area (Å²) in [4.78, 5) is 0. The summed E-state index contributed by atoms with van der Waals surface area (Å²) in [6.45, 7) is 0. The van der Waals surface area contributed by atoms with Crippen molar-refractivity contribution in [3.05, 3.63) is 95.6 Å². The first-order valence-electron chi connectivity index (χ1n) is 6.82. The second-order valence-electron chi connectivity index (χ2n) is 4.84. The predicted octanol–water partition coefficient (Wildman–Crippen LogP) is 4.10. The van der Waals surface area contributed by atoms with Crippen LogP contribution in [0.2, 0.25) is 0 Å². The third kappa shape index (κ3) is 1.10. The molecule has 0 aliphatic heterocycles. The summed E-state index contributed by atoms with van der Waals surface area (Å²) in [5.41, 5.74) is 3.35. The Bertz CT molecular complexity index is 643. The van der Waals surface area contributed by atoms with Gasteiger partial charge >= 0.3 is 0 Å². The maximum absolute atomic E-state index is 8.79. The Labute approximate surface area is 109 Å². The quantitative estimate of drug-likeness (QED) is 0.730. The summed E-state index contributed by atoms with van der Waals surface area (Å²) < 4.78 is 8.79. The van der Waals surface area contributed by atoms with Gasteiger partial charge in [-0.1, -0.05) is 78.9 Å². The lowest BCUT2D eigenvalue weighted by atomic mass is 9.84. The first-order valence-corrected chi connectivity index (χ1v) is 6.32. The largest absolute Gasteiger partial charge is 0.0757 e. The molecule has 0 amide bonds. The molecule has 1 saturated carbocycles. The van der Waals surface area contributed by atoms with E-state index in [2.05, 4.69) is 54.6 Å². The lowest BCUT2D eigenvalue weighted by Crippen LogP contribution is -2.12. The minimum Gasteiger partial charge on any atom is -0.0757 e. The number of hydrogen-bond acceptors (Lipinski definition) is 0. The van der Waals surface area contributed by atoms with E-state index >= 15 is 0 Å². The SMILES string of the molecule is [2H]C12C=CC=C1C2(c1ccccc1)c1ccccc1. The van der Waals surface area contributed by atoms with Gasteiger partial charge in [-0.25, -0.2) is 0 Å². The van der Waals surface area contributed by atoms with Crippen LogP contribution in [0.5, 0.6) is 0 Å². The molecule has 0 radical (unpaired) electrons. The van der Waals surface area contributed by atoms with E-state index < -0.39 is 5.89 Å². The zero-order valence-electron chi connectivity index (χ0n) is 11.0. The average Bonchev–Trinajstić information content (AvgIpc) is 2.76. The van der Waals surface area contributed by atoms with Crippen molar-refractivity contribution < 1.29 is 1.37 Å². The second-order valence-corrected chi connectivity index (χ2v) is 4.84. The molecule has 2 aromatic carbocycles. The van der Waals surface area contributed by atoms with Crippen LogP contribution in [0.25, 0.3) is 0 Å². The number of benzene rings is 2. The van der Waals surface area contributed by atoms with E-state index in [1.54, 1.807) is 0 Å². The molecule has 86 valence electrons. The third-order valence-electron chi connectivity index (χ3n) is 3.98. The Morgan fingerprint density at radius 1 is 0.833 bits per heavy atom. The normalized spacial score (nSPS) is 27.3. The van der Waals surface area contributed by atoms with Gasteiger partial charge in [0.2, 0.25) is 0 Å². The van der Waals surface area contributed by atoms with E-state index in [1.165, 1.54) is 16.7 Å². The molecule has 1 atom stereocenters.